The second-order valence-electron chi connectivity index (χ2n) is 5.30. The minimum atomic E-state index is -4.02. The Bertz CT molecular complexity index is 390. The van der Waals surface area contributed by atoms with Crippen LogP contribution in [0, 0.1) is 0 Å². The molecular formula is C14H20F3NS. The fraction of sp³-hybridized carbons (Fsp3) is 0.714. The fourth-order valence-corrected chi connectivity index (χ4v) is 3.68. The molecule has 0 bridgehead atoms. The molecule has 1 nitrogen and oxygen atoms in total. The van der Waals surface area contributed by atoms with Gasteiger partial charge in [-0.1, -0.05) is 0 Å². The zero-order chi connectivity index (χ0) is 13.9. The normalized spacial score (nSPS) is 16.6. The van der Waals surface area contributed by atoms with Gasteiger partial charge in [-0.2, -0.15) is 13.2 Å². The van der Waals surface area contributed by atoms with Crippen molar-refractivity contribution in [1.82, 2.24) is 5.32 Å². The molecule has 1 heterocycles. The molecular weight excluding hydrogens is 271 g/mol. The molecule has 0 fully saturated rings. The average molecular weight is 291 g/mol. The number of halogens is 3. The second-order valence-corrected chi connectivity index (χ2v) is 6.53. The standard InChI is InChI=1S/C14H20F3NS/c1-10(4-3-7-14(15,16)17)18-9-12-8-11-5-2-6-13(11)19-12/h8,10,18H,2-7,9H2,1H3. The van der Waals surface area contributed by atoms with Crippen LogP contribution in [-0.4, -0.2) is 12.2 Å². The lowest BCUT2D eigenvalue weighted by molar-refractivity contribution is -0.135. The SMILES string of the molecule is CC(CCCC(F)(F)F)NCc1cc2c(s1)CCC2. The third-order valence-corrected chi connectivity index (χ3v) is 4.76. The van der Waals surface area contributed by atoms with E-state index in [9.17, 15) is 13.2 Å². The Hall–Kier alpha value is -0.550. The fourth-order valence-electron chi connectivity index (χ4n) is 2.46. The van der Waals surface area contributed by atoms with Gasteiger partial charge in [0.05, 0.1) is 0 Å². The van der Waals surface area contributed by atoms with Crippen LogP contribution in [0.1, 0.15) is 47.9 Å². The van der Waals surface area contributed by atoms with E-state index in [-0.39, 0.29) is 12.5 Å². The van der Waals surface area contributed by atoms with Gasteiger partial charge in [-0.25, -0.2) is 0 Å². The lowest BCUT2D eigenvalue weighted by atomic mass is 10.1. The Kier molecular flexibility index (Phi) is 4.90. The van der Waals surface area contributed by atoms with E-state index in [1.807, 2.05) is 18.3 Å². The van der Waals surface area contributed by atoms with E-state index in [0.29, 0.717) is 6.42 Å². The van der Waals surface area contributed by atoms with Crippen LogP contribution in [0.25, 0.3) is 0 Å². The van der Waals surface area contributed by atoms with E-state index >= 15 is 0 Å². The van der Waals surface area contributed by atoms with Crippen LogP contribution in [0.5, 0.6) is 0 Å². The summed E-state index contributed by atoms with van der Waals surface area (Å²) >= 11 is 1.85. The Morgan fingerprint density at radius 2 is 2.16 bits per heavy atom. The summed E-state index contributed by atoms with van der Waals surface area (Å²) in [4.78, 5) is 2.81. The topological polar surface area (TPSA) is 12.0 Å². The molecule has 1 unspecified atom stereocenters. The Morgan fingerprint density at radius 3 is 2.84 bits per heavy atom. The zero-order valence-corrected chi connectivity index (χ0v) is 12.0. The Morgan fingerprint density at radius 1 is 1.37 bits per heavy atom. The first-order valence-electron chi connectivity index (χ1n) is 6.84. The number of hydrogen-bond donors (Lipinski definition) is 1. The second kappa shape index (κ2) is 6.27. The Balaban J connectivity index is 1.67. The maximum absolute atomic E-state index is 12.0. The van der Waals surface area contributed by atoms with Gasteiger partial charge in [0.25, 0.3) is 0 Å². The van der Waals surface area contributed by atoms with Crippen LogP contribution < -0.4 is 5.32 Å². The van der Waals surface area contributed by atoms with Gasteiger partial charge < -0.3 is 5.32 Å². The summed E-state index contributed by atoms with van der Waals surface area (Å²) in [6.45, 7) is 2.74. The average Bonchev–Trinajstić information content (AvgIpc) is 2.84. The van der Waals surface area contributed by atoms with Crippen molar-refractivity contribution in [3.63, 3.8) is 0 Å². The zero-order valence-electron chi connectivity index (χ0n) is 11.1. The molecule has 1 N–H and O–H groups in total. The van der Waals surface area contributed by atoms with Gasteiger partial charge >= 0.3 is 6.18 Å². The highest BCUT2D eigenvalue weighted by atomic mass is 32.1. The predicted octanol–water partition coefficient (Wildman–Crippen LogP) is 4.45. The first-order valence-corrected chi connectivity index (χ1v) is 7.66. The molecule has 0 amide bonds. The van der Waals surface area contributed by atoms with Crippen molar-refractivity contribution in [2.75, 3.05) is 0 Å². The number of nitrogens with one attached hydrogen (secondary N) is 1. The molecule has 0 saturated carbocycles. The molecule has 1 aromatic rings. The minimum absolute atomic E-state index is 0.138. The molecule has 1 atom stereocenters. The summed E-state index contributed by atoms with van der Waals surface area (Å²) in [5.41, 5.74) is 1.48. The van der Waals surface area contributed by atoms with Crippen molar-refractivity contribution < 1.29 is 13.2 Å². The molecule has 0 aliphatic heterocycles. The largest absolute Gasteiger partial charge is 0.389 e. The first-order chi connectivity index (χ1) is 8.94. The smallest absolute Gasteiger partial charge is 0.309 e. The molecule has 19 heavy (non-hydrogen) atoms. The van der Waals surface area contributed by atoms with Gasteiger partial charge in [0.15, 0.2) is 0 Å². The van der Waals surface area contributed by atoms with Gasteiger partial charge in [-0.3, -0.25) is 0 Å². The van der Waals surface area contributed by atoms with Crippen molar-refractivity contribution in [3.05, 3.63) is 21.4 Å². The highest BCUT2D eigenvalue weighted by Gasteiger charge is 2.26. The summed E-state index contributed by atoms with van der Waals surface area (Å²) in [5.74, 6) is 0. The molecule has 0 spiro atoms. The molecule has 0 aromatic carbocycles. The summed E-state index contributed by atoms with van der Waals surface area (Å²) < 4.78 is 36.1. The van der Waals surface area contributed by atoms with Crippen molar-refractivity contribution in [2.24, 2.45) is 0 Å². The van der Waals surface area contributed by atoms with Crippen molar-refractivity contribution in [2.45, 2.75) is 64.2 Å². The highest BCUT2D eigenvalue weighted by molar-refractivity contribution is 7.12. The van der Waals surface area contributed by atoms with Gasteiger partial charge in [0, 0.05) is 28.8 Å². The van der Waals surface area contributed by atoms with Gasteiger partial charge in [0.2, 0.25) is 0 Å². The van der Waals surface area contributed by atoms with Gasteiger partial charge in [-0.15, -0.1) is 11.3 Å². The van der Waals surface area contributed by atoms with Gasteiger partial charge in [-0.05, 0) is 50.7 Å². The summed E-state index contributed by atoms with van der Waals surface area (Å²) in [7, 11) is 0. The van der Waals surface area contributed by atoms with E-state index in [1.54, 1.807) is 0 Å². The molecule has 0 saturated heterocycles. The lowest BCUT2D eigenvalue weighted by Crippen LogP contribution is -2.25. The summed E-state index contributed by atoms with van der Waals surface area (Å²) in [6, 6.07) is 2.39. The van der Waals surface area contributed by atoms with E-state index in [1.165, 1.54) is 34.6 Å². The number of fused-ring (bicyclic) bond motifs is 1. The highest BCUT2D eigenvalue weighted by Crippen LogP contribution is 2.30. The molecule has 2 rings (SSSR count). The first kappa shape index (κ1) is 14.9. The molecule has 1 aliphatic carbocycles. The Labute approximate surface area is 116 Å². The van der Waals surface area contributed by atoms with E-state index in [4.69, 9.17) is 0 Å². The van der Waals surface area contributed by atoms with E-state index < -0.39 is 12.6 Å². The maximum atomic E-state index is 12.0. The summed E-state index contributed by atoms with van der Waals surface area (Å²) in [6.07, 6.45) is -0.263. The number of rotatable bonds is 6. The van der Waals surface area contributed by atoms with E-state index in [2.05, 4.69) is 11.4 Å². The van der Waals surface area contributed by atoms with Crippen LogP contribution >= 0.6 is 11.3 Å². The minimum Gasteiger partial charge on any atom is -0.309 e. The van der Waals surface area contributed by atoms with Crippen LogP contribution in [-0.2, 0) is 19.4 Å². The molecule has 108 valence electrons. The third-order valence-electron chi connectivity index (χ3n) is 3.52. The lowest BCUT2D eigenvalue weighted by Gasteiger charge is -2.13. The number of thiophene rings is 1. The number of aryl methyl sites for hydroxylation is 2. The molecule has 1 aliphatic rings. The molecule has 0 radical (unpaired) electrons. The quantitative estimate of drug-likeness (QED) is 0.816. The molecule has 1 aromatic heterocycles. The number of alkyl halides is 3. The van der Waals surface area contributed by atoms with Gasteiger partial charge in [0.1, 0.15) is 0 Å². The van der Waals surface area contributed by atoms with Crippen LogP contribution in [0.15, 0.2) is 6.07 Å². The maximum Gasteiger partial charge on any atom is 0.389 e. The van der Waals surface area contributed by atoms with E-state index in [0.717, 1.165) is 6.54 Å². The number of hydrogen-bond acceptors (Lipinski definition) is 2. The monoisotopic (exact) mass is 291 g/mol. The van der Waals surface area contributed by atoms with Crippen molar-refractivity contribution in [3.8, 4) is 0 Å². The predicted molar refractivity (Wildman–Crippen MR) is 72.6 cm³/mol. The molecule has 5 heteroatoms. The van der Waals surface area contributed by atoms with Crippen molar-refractivity contribution >= 4 is 11.3 Å². The van der Waals surface area contributed by atoms with Crippen LogP contribution in [0.4, 0.5) is 13.2 Å². The van der Waals surface area contributed by atoms with Crippen LogP contribution in [0.2, 0.25) is 0 Å². The summed E-state index contributed by atoms with van der Waals surface area (Å²) in [5, 5.41) is 3.32. The van der Waals surface area contributed by atoms with Crippen LogP contribution in [0.3, 0.4) is 0 Å². The van der Waals surface area contributed by atoms with Crippen molar-refractivity contribution in [1.29, 1.82) is 0 Å². The third kappa shape index (κ3) is 4.80.